The van der Waals surface area contributed by atoms with Crippen LogP contribution in [0.25, 0.3) is 17.1 Å². The smallest absolute Gasteiger partial charge is 0.342 e. The van der Waals surface area contributed by atoms with Crippen molar-refractivity contribution in [2.75, 3.05) is 6.61 Å². The number of nitrogens with zero attached hydrogens (tertiary/aromatic N) is 1. The number of nitrogens with one attached hydrogen (secondary N) is 1. The Morgan fingerprint density at radius 2 is 2.00 bits per heavy atom. The fourth-order valence-electron chi connectivity index (χ4n) is 2.31. The van der Waals surface area contributed by atoms with Crippen molar-refractivity contribution >= 4 is 80.0 Å². The van der Waals surface area contributed by atoms with Crippen LogP contribution in [0.2, 0.25) is 0 Å². The van der Waals surface area contributed by atoms with E-state index >= 15 is 0 Å². The van der Waals surface area contributed by atoms with Gasteiger partial charge in [-0.05, 0) is 99.8 Å². The molecule has 5 nitrogen and oxygen atoms in total. The lowest BCUT2D eigenvalue weighted by Gasteiger charge is -2.10. The number of aromatic nitrogens is 2. The summed E-state index contributed by atoms with van der Waals surface area (Å²) in [5, 5.41) is 10.1. The van der Waals surface area contributed by atoms with E-state index < -0.39 is 5.97 Å². The molecule has 0 saturated carbocycles. The largest absolute Gasteiger partial charge is 0.492 e. The minimum absolute atomic E-state index is 0.194. The van der Waals surface area contributed by atoms with Crippen molar-refractivity contribution in [3.8, 4) is 5.75 Å². The lowest BCUT2D eigenvalue weighted by molar-refractivity contribution is -0.131. The minimum atomic E-state index is -0.991. The third-order valence-corrected chi connectivity index (χ3v) is 5.89. The number of hydrogen-bond acceptors (Lipinski definition) is 4. The normalized spacial score (nSPS) is 11.7. The summed E-state index contributed by atoms with van der Waals surface area (Å²) in [4.78, 5) is 19.5. The summed E-state index contributed by atoms with van der Waals surface area (Å²) in [5.74, 6) is -0.165. The number of hydrogen-bond donors (Lipinski definition) is 2. The first-order valence-corrected chi connectivity index (χ1v) is 10.6. The van der Waals surface area contributed by atoms with Crippen LogP contribution < -0.4 is 4.74 Å². The molecule has 0 spiro atoms. The van der Waals surface area contributed by atoms with Crippen LogP contribution in [-0.4, -0.2) is 27.7 Å². The molecule has 0 aliphatic rings. The Hall–Kier alpha value is -1.27. The maximum atomic E-state index is 11.7. The van der Waals surface area contributed by atoms with Crippen LogP contribution >= 0.6 is 56.9 Å². The van der Waals surface area contributed by atoms with Crippen molar-refractivity contribution in [3.63, 3.8) is 0 Å². The number of thioether (sulfide) groups is 1. The third-order valence-electron chi connectivity index (χ3n) is 3.39. The average Bonchev–Trinajstić information content (AvgIpc) is 3.00. The molecular weight excluding hydrogens is 578 g/mol. The van der Waals surface area contributed by atoms with Crippen molar-refractivity contribution in [3.05, 3.63) is 54.0 Å². The van der Waals surface area contributed by atoms with E-state index in [0.29, 0.717) is 11.8 Å². The van der Waals surface area contributed by atoms with Gasteiger partial charge >= 0.3 is 5.97 Å². The Bertz CT molecular complexity index is 945. The van der Waals surface area contributed by atoms with Crippen molar-refractivity contribution in [2.24, 2.45) is 0 Å². The standard InChI is InChI=1S/C18H14I2N2O3S/c1-2-25-16-11(19)7-10(8-12(16)20)9-15(17(23)24)26-18-21-13-5-3-4-6-14(13)22-18/h3-9H,2H2,1H3,(H,21,22)(H,23,24)/b15-9-. The molecular formula is C18H14I2N2O3S. The second-order valence-electron chi connectivity index (χ2n) is 5.22. The number of ether oxygens (including phenoxy) is 1. The van der Waals surface area contributed by atoms with E-state index in [-0.39, 0.29) is 4.91 Å². The number of H-pyrrole nitrogens is 1. The topological polar surface area (TPSA) is 75.2 Å². The van der Waals surface area contributed by atoms with E-state index in [1.54, 1.807) is 6.08 Å². The number of para-hydroxylation sites is 2. The summed E-state index contributed by atoms with van der Waals surface area (Å²) in [5.41, 5.74) is 2.50. The molecule has 0 radical (unpaired) electrons. The molecule has 0 unspecified atom stereocenters. The minimum Gasteiger partial charge on any atom is -0.492 e. The highest BCUT2D eigenvalue weighted by atomic mass is 127. The Morgan fingerprint density at radius 1 is 1.31 bits per heavy atom. The second-order valence-corrected chi connectivity index (χ2v) is 8.58. The van der Waals surface area contributed by atoms with E-state index in [9.17, 15) is 9.90 Å². The lowest BCUT2D eigenvalue weighted by Crippen LogP contribution is -1.99. The van der Waals surface area contributed by atoms with Crippen molar-refractivity contribution in [2.45, 2.75) is 12.1 Å². The van der Waals surface area contributed by atoms with Gasteiger partial charge in [-0.2, -0.15) is 0 Å². The van der Waals surface area contributed by atoms with Crippen molar-refractivity contribution in [1.29, 1.82) is 0 Å². The predicted octanol–water partition coefficient (Wildman–Crippen LogP) is 5.39. The highest BCUT2D eigenvalue weighted by Gasteiger charge is 2.14. The molecule has 3 rings (SSSR count). The van der Waals surface area contributed by atoms with Crippen LogP contribution in [0, 0.1) is 7.14 Å². The van der Waals surface area contributed by atoms with Crippen molar-refractivity contribution in [1.82, 2.24) is 9.97 Å². The summed E-state index contributed by atoms with van der Waals surface area (Å²) in [6.45, 7) is 2.52. The van der Waals surface area contributed by atoms with Crippen LogP contribution in [-0.2, 0) is 4.79 Å². The van der Waals surface area contributed by atoms with Crippen LogP contribution in [0.3, 0.4) is 0 Å². The molecule has 8 heteroatoms. The van der Waals surface area contributed by atoms with Gasteiger partial charge < -0.3 is 14.8 Å². The first kappa shape index (κ1) is 19.5. The Kier molecular flexibility index (Phi) is 6.46. The number of carboxylic acid groups (broad SMARTS) is 1. The van der Waals surface area contributed by atoms with Crippen molar-refractivity contribution < 1.29 is 14.6 Å². The first-order chi connectivity index (χ1) is 12.5. The summed E-state index contributed by atoms with van der Waals surface area (Å²) < 4.78 is 7.52. The summed E-state index contributed by atoms with van der Waals surface area (Å²) in [7, 11) is 0. The number of carboxylic acids is 1. The molecule has 134 valence electrons. The second kappa shape index (κ2) is 8.61. The number of benzene rings is 2. The quantitative estimate of drug-likeness (QED) is 0.228. The zero-order valence-corrected chi connectivity index (χ0v) is 18.8. The van der Waals surface area contributed by atoms with Gasteiger partial charge in [-0.25, -0.2) is 9.78 Å². The molecule has 0 amide bonds. The van der Waals surface area contributed by atoms with Crippen LogP contribution in [0.15, 0.2) is 46.5 Å². The molecule has 0 aliphatic carbocycles. The molecule has 0 aliphatic heterocycles. The van der Waals surface area contributed by atoms with Gasteiger partial charge in [0.05, 0.1) is 24.8 Å². The van der Waals surface area contributed by atoms with Gasteiger partial charge in [-0.1, -0.05) is 12.1 Å². The van der Waals surface area contributed by atoms with Crippen LogP contribution in [0.1, 0.15) is 12.5 Å². The summed E-state index contributed by atoms with van der Waals surface area (Å²) >= 11 is 5.50. The number of aromatic amines is 1. The van der Waals surface area contributed by atoms with E-state index in [0.717, 1.165) is 41.2 Å². The highest BCUT2D eigenvalue weighted by molar-refractivity contribution is 14.1. The van der Waals surface area contributed by atoms with E-state index in [2.05, 4.69) is 55.1 Å². The van der Waals surface area contributed by atoms with Gasteiger partial charge in [0.15, 0.2) is 5.16 Å². The number of aliphatic carboxylic acids is 1. The van der Waals surface area contributed by atoms with Gasteiger partial charge in [-0.15, -0.1) is 0 Å². The molecule has 0 bridgehead atoms. The molecule has 2 N–H and O–H groups in total. The maximum Gasteiger partial charge on any atom is 0.342 e. The zero-order chi connectivity index (χ0) is 18.7. The zero-order valence-electron chi connectivity index (χ0n) is 13.6. The Labute approximate surface area is 181 Å². The van der Waals surface area contributed by atoms with E-state index in [4.69, 9.17) is 4.74 Å². The monoisotopic (exact) mass is 592 g/mol. The Balaban J connectivity index is 1.93. The number of fused-ring (bicyclic) bond motifs is 1. The average molecular weight is 592 g/mol. The Morgan fingerprint density at radius 3 is 2.62 bits per heavy atom. The fraction of sp³-hybridized carbons (Fsp3) is 0.111. The van der Waals surface area contributed by atoms with E-state index in [1.165, 1.54) is 0 Å². The molecule has 2 aromatic carbocycles. The van der Waals surface area contributed by atoms with Crippen LogP contribution in [0.4, 0.5) is 0 Å². The molecule has 0 atom stereocenters. The molecule has 26 heavy (non-hydrogen) atoms. The maximum absolute atomic E-state index is 11.7. The third kappa shape index (κ3) is 4.52. The van der Waals surface area contributed by atoms with Gasteiger partial charge in [0, 0.05) is 0 Å². The summed E-state index contributed by atoms with van der Waals surface area (Å²) in [6.07, 6.45) is 1.65. The number of rotatable bonds is 6. The van der Waals surface area contributed by atoms with Gasteiger partial charge in [0.25, 0.3) is 0 Å². The lowest BCUT2D eigenvalue weighted by atomic mass is 10.2. The molecule has 0 saturated heterocycles. The molecule has 3 aromatic rings. The van der Waals surface area contributed by atoms with Gasteiger partial charge in [0.2, 0.25) is 0 Å². The highest BCUT2D eigenvalue weighted by Crippen LogP contribution is 2.32. The molecule has 0 fully saturated rings. The fourth-order valence-corrected chi connectivity index (χ4v) is 5.24. The molecule has 1 aromatic heterocycles. The number of halogens is 2. The van der Waals surface area contributed by atoms with Gasteiger partial charge in [-0.3, -0.25) is 0 Å². The summed E-state index contributed by atoms with van der Waals surface area (Å²) in [6, 6.07) is 11.4. The number of carbonyl (C=O) groups is 1. The number of imidazole rings is 1. The van der Waals surface area contributed by atoms with E-state index in [1.807, 2.05) is 43.3 Å². The van der Waals surface area contributed by atoms with Gasteiger partial charge in [0.1, 0.15) is 10.7 Å². The first-order valence-electron chi connectivity index (χ1n) is 7.67. The molecule has 1 heterocycles. The predicted molar refractivity (Wildman–Crippen MR) is 121 cm³/mol. The SMILES string of the molecule is CCOc1c(I)cc(/C=C(\Sc2nc3ccccc3[nH]2)C(=O)O)cc1I. The van der Waals surface area contributed by atoms with Crippen LogP contribution in [0.5, 0.6) is 5.75 Å².